The van der Waals surface area contributed by atoms with Gasteiger partial charge in [-0.1, -0.05) is 19.1 Å². The third-order valence-corrected chi connectivity index (χ3v) is 3.93. The van der Waals surface area contributed by atoms with Gasteiger partial charge in [-0.2, -0.15) is 0 Å². The van der Waals surface area contributed by atoms with Crippen LogP contribution in [0.4, 0.5) is 0 Å². The molecule has 3 aromatic rings. The lowest BCUT2D eigenvalue weighted by Crippen LogP contribution is -2.05. The first-order valence-electron chi connectivity index (χ1n) is 7.66. The van der Waals surface area contributed by atoms with Crippen LogP contribution in [0.15, 0.2) is 36.7 Å². The Kier molecular flexibility index (Phi) is 4.10. The van der Waals surface area contributed by atoms with Gasteiger partial charge in [0.1, 0.15) is 11.6 Å². The highest BCUT2D eigenvalue weighted by Gasteiger charge is 2.18. The number of rotatable bonds is 4. The van der Waals surface area contributed by atoms with Crippen LogP contribution >= 0.6 is 0 Å². The van der Waals surface area contributed by atoms with Gasteiger partial charge in [0.05, 0.1) is 12.8 Å². The molecule has 0 bridgehead atoms. The average Bonchev–Trinajstić information content (AvgIpc) is 2.96. The van der Waals surface area contributed by atoms with Crippen LogP contribution in [0.3, 0.4) is 0 Å². The highest BCUT2D eigenvalue weighted by atomic mass is 16.5. The predicted octanol–water partition coefficient (Wildman–Crippen LogP) is 3.52. The molecule has 0 aliphatic heterocycles. The molecule has 2 heterocycles. The van der Waals surface area contributed by atoms with Crippen molar-refractivity contribution in [1.29, 1.82) is 0 Å². The molecular formula is C18H20N4O. The summed E-state index contributed by atoms with van der Waals surface area (Å²) in [6, 6.07) is 8.10. The molecule has 0 aliphatic carbocycles. The van der Waals surface area contributed by atoms with Crippen LogP contribution in [-0.4, -0.2) is 26.9 Å². The second-order valence-electron chi connectivity index (χ2n) is 5.47. The molecule has 1 aromatic carbocycles. The molecule has 0 unspecified atom stereocenters. The molecular weight excluding hydrogens is 288 g/mol. The summed E-state index contributed by atoms with van der Waals surface area (Å²) < 4.78 is 7.58. The predicted molar refractivity (Wildman–Crippen MR) is 90.0 cm³/mol. The van der Waals surface area contributed by atoms with Gasteiger partial charge in [0.25, 0.3) is 0 Å². The SMILES string of the molecule is CCc1cncc(-c2nnc(C)n2-c2c(C)cccc2OC)c1. The van der Waals surface area contributed by atoms with Crippen LogP contribution < -0.4 is 4.74 Å². The molecule has 0 atom stereocenters. The average molecular weight is 308 g/mol. The second kappa shape index (κ2) is 6.20. The molecule has 118 valence electrons. The van der Waals surface area contributed by atoms with Gasteiger partial charge < -0.3 is 4.74 Å². The first-order valence-corrected chi connectivity index (χ1v) is 7.66. The van der Waals surface area contributed by atoms with Crippen molar-refractivity contribution in [3.05, 3.63) is 53.6 Å². The molecule has 3 rings (SSSR count). The van der Waals surface area contributed by atoms with E-state index in [4.69, 9.17) is 4.74 Å². The summed E-state index contributed by atoms with van der Waals surface area (Å²) >= 11 is 0. The molecule has 0 fully saturated rings. The standard InChI is InChI=1S/C18H20N4O/c1-5-14-9-15(11-19-10-14)18-21-20-13(3)22(18)17-12(2)7-6-8-16(17)23-4/h6-11H,5H2,1-4H3. The fraction of sp³-hybridized carbons (Fsp3) is 0.278. The number of benzene rings is 1. The summed E-state index contributed by atoms with van der Waals surface area (Å²) in [5, 5.41) is 8.64. The Hall–Kier alpha value is -2.69. The van der Waals surface area contributed by atoms with E-state index in [9.17, 15) is 0 Å². The highest BCUT2D eigenvalue weighted by molar-refractivity contribution is 5.63. The summed E-state index contributed by atoms with van der Waals surface area (Å²) in [4.78, 5) is 4.33. The van der Waals surface area contributed by atoms with Gasteiger partial charge in [0.2, 0.25) is 0 Å². The minimum atomic E-state index is 0.776. The third kappa shape index (κ3) is 2.70. The maximum atomic E-state index is 5.55. The maximum absolute atomic E-state index is 5.55. The number of para-hydroxylation sites is 1. The molecule has 2 aromatic heterocycles. The Morgan fingerprint density at radius 3 is 2.70 bits per heavy atom. The Morgan fingerprint density at radius 1 is 1.13 bits per heavy atom. The van der Waals surface area contributed by atoms with Crippen LogP contribution in [-0.2, 0) is 6.42 Å². The van der Waals surface area contributed by atoms with Crippen molar-refractivity contribution in [3.8, 4) is 22.8 Å². The zero-order valence-corrected chi connectivity index (χ0v) is 13.9. The second-order valence-corrected chi connectivity index (χ2v) is 5.47. The van der Waals surface area contributed by atoms with Gasteiger partial charge in [-0.15, -0.1) is 10.2 Å². The topological polar surface area (TPSA) is 52.8 Å². The molecule has 5 nitrogen and oxygen atoms in total. The number of methoxy groups -OCH3 is 1. The number of aromatic nitrogens is 4. The number of hydrogen-bond acceptors (Lipinski definition) is 4. The van der Waals surface area contributed by atoms with E-state index in [1.807, 2.05) is 36.0 Å². The van der Waals surface area contributed by atoms with Crippen molar-refractivity contribution in [2.24, 2.45) is 0 Å². The fourth-order valence-corrected chi connectivity index (χ4v) is 2.70. The minimum Gasteiger partial charge on any atom is -0.495 e. The Balaban J connectivity index is 2.25. The lowest BCUT2D eigenvalue weighted by atomic mass is 10.1. The Labute approximate surface area is 136 Å². The fourth-order valence-electron chi connectivity index (χ4n) is 2.70. The van der Waals surface area contributed by atoms with Gasteiger partial charge in [0.15, 0.2) is 5.82 Å². The molecule has 0 N–H and O–H groups in total. The first kappa shape index (κ1) is 15.2. The number of pyridine rings is 1. The monoisotopic (exact) mass is 308 g/mol. The molecule has 0 radical (unpaired) electrons. The van der Waals surface area contributed by atoms with Crippen LogP contribution in [0.1, 0.15) is 23.9 Å². The third-order valence-electron chi connectivity index (χ3n) is 3.93. The Bertz CT molecular complexity index is 839. The quantitative estimate of drug-likeness (QED) is 0.740. The van der Waals surface area contributed by atoms with Crippen molar-refractivity contribution in [2.45, 2.75) is 27.2 Å². The van der Waals surface area contributed by atoms with Gasteiger partial charge in [-0.25, -0.2) is 0 Å². The minimum absolute atomic E-state index is 0.776. The molecule has 5 heteroatoms. The Morgan fingerprint density at radius 2 is 1.96 bits per heavy atom. The largest absolute Gasteiger partial charge is 0.495 e. The van der Waals surface area contributed by atoms with E-state index in [0.717, 1.165) is 40.6 Å². The van der Waals surface area contributed by atoms with E-state index in [1.54, 1.807) is 7.11 Å². The van der Waals surface area contributed by atoms with Crippen molar-refractivity contribution < 1.29 is 4.74 Å². The van der Waals surface area contributed by atoms with E-state index in [-0.39, 0.29) is 0 Å². The normalized spacial score (nSPS) is 10.8. The van der Waals surface area contributed by atoms with Crippen molar-refractivity contribution >= 4 is 0 Å². The molecule has 0 saturated heterocycles. The zero-order valence-electron chi connectivity index (χ0n) is 13.9. The van der Waals surface area contributed by atoms with Gasteiger partial charge >= 0.3 is 0 Å². The summed E-state index contributed by atoms with van der Waals surface area (Å²) in [5.41, 5.74) is 4.20. The van der Waals surface area contributed by atoms with Gasteiger partial charge in [-0.3, -0.25) is 9.55 Å². The summed E-state index contributed by atoms with van der Waals surface area (Å²) in [5.74, 6) is 2.39. The van der Waals surface area contributed by atoms with E-state index in [2.05, 4.69) is 41.2 Å². The number of nitrogens with zero attached hydrogens (tertiary/aromatic N) is 4. The van der Waals surface area contributed by atoms with Gasteiger partial charge in [0, 0.05) is 18.0 Å². The van der Waals surface area contributed by atoms with Crippen molar-refractivity contribution in [3.63, 3.8) is 0 Å². The summed E-state index contributed by atoms with van der Waals surface area (Å²) in [6.07, 6.45) is 4.64. The van der Waals surface area contributed by atoms with E-state index in [0.29, 0.717) is 0 Å². The summed E-state index contributed by atoms with van der Waals surface area (Å²) in [6.45, 7) is 6.11. The molecule has 0 amide bonds. The van der Waals surface area contributed by atoms with Crippen LogP contribution in [0.5, 0.6) is 5.75 Å². The van der Waals surface area contributed by atoms with Gasteiger partial charge in [-0.05, 0) is 43.5 Å². The maximum Gasteiger partial charge on any atom is 0.170 e. The lowest BCUT2D eigenvalue weighted by molar-refractivity contribution is 0.412. The van der Waals surface area contributed by atoms with Crippen LogP contribution in [0, 0.1) is 13.8 Å². The van der Waals surface area contributed by atoms with Crippen molar-refractivity contribution in [1.82, 2.24) is 19.7 Å². The molecule has 0 saturated carbocycles. The molecule has 23 heavy (non-hydrogen) atoms. The van der Waals surface area contributed by atoms with E-state index < -0.39 is 0 Å². The van der Waals surface area contributed by atoms with Crippen molar-refractivity contribution in [2.75, 3.05) is 7.11 Å². The van der Waals surface area contributed by atoms with E-state index in [1.165, 1.54) is 5.56 Å². The highest BCUT2D eigenvalue weighted by Crippen LogP contribution is 2.31. The number of ether oxygens (including phenoxy) is 1. The first-order chi connectivity index (χ1) is 11.2. The van der Waals surface area contributed by atoms with Crippen LogP contribution in [0.25, 0.3) is 17.1 Å². The number of hydrogen-bond donors (Lipinski definition) is 0. The number of aryl methyl sites for hydroxylation is 3. The van der Waals surface area contributed by atoms with E-state index >= 15 is 0 Å². The van der Waals surface area contributed by atoms with Crippen LogP contribution in [0.2, 0.25) is 0 Å². The molecule has 0 spiro atoms. The zero-order chi connectivity index (χ0) is 16.4. The molecule has 0 aliphatic rings. The summed E-state index contributed by atoms with van der Waals surface area (Å²) in [7, 11) is 1.68. The lowest BCUT2D eigenvalue weighted by Gasteiger charge is -2.15. The smallest absolute Gasteiger partial charge is 0.170 e.